The normalized spacial score (nSPS) is 21.0. The van der Waals surface area contributed by atoms with E-state index in [0.717, 1.165) is 19.6 Å². The van der Waals surface area contributed by atoms with Crippen LogP contribution in [0.4, 0.5) is 4.79 Å². The molecule has 3 amide bonds. The van der Waals surface area contributed by atoms with Crippen molar-refractivity contribution in [2.45, 2.75) is 12.8 Å². The van der Waals surface area contributed by atoms with E-state index in [1.807, 2.05) is 0 Å². The zero-order chi connectivity index (χ0) is 12.3. The minimum absolute atomic E-state index is 0.159. The number of rotatable bonds is 2. The van der Waals surface area contributed by atoms with E-state index >= 15 is 0 Å². The van der Waals surface area contributed by atoms with Crippen molar-refractivity contribution in [3.63, 3.8) is 0 Å². The Morgan fingerprint density at radius 3 is 2.35 bits per heavy atom. The number of carbonyl (C=O) groups is 2. The van der Waals surface area contributed by atoms with E-state index in [9.17, 15) is 9.59 Å². The lowest BCUT2D eigenvalue weighted by molar-refractivity contribution is -0.124. The van der Waals surface area contributed by atoms with Crippen LogP contribution in [0.2, 0.25) is 0 Å². The summed E-state index contributed by atoms with van der Waals surface area (Å²) in [7, 11) is 1.62. The highest BCUT2D eigenvalue weighted by Gasteiger charge is 2.32. The van der Waals surface area contributed by atoms with Gasteiger partial charge in [-0.25, -0.2) is 4.79 Å². The molecule has 2 rings (SSSR count). The average molecular weight is 235 g/mol. The molecule has 0 spiro atoms. The molecule has 17 heavy (non-hydrogen) atoms. The second kappa shape index (κ2) is 5.19. The van der Waals surface area contributed by atoms with E-state index in [1.54, 1.807) is 7.05 Å². The standard InChI is InChI=1S/C12H17N3O2/c1-13-10-11(16)15(12(13)17)9-5-4-8-14-6-2-3-7-14/h2-3,6-10H2,1H3. The Labute approximate surface area is 101 Å². The van der Waals surface area contributed by atoms with Crippen LogP contribution in [0.15, 0.2) is 0 Å². The Balaban J connectivity index is 1.79. The molecule has 0 atom stereocenters. The molecule has 5 heteroatoms. The third-order valence-electron chi connectivity index (χ3n) is 3.09. The molecule has 0 aromatic carbocycles. The first-order valence-corrected chi connectivity index (χ1v) is 5.92. The summed E-state index contributed by atoms with van der Waals surface area (Å²) in [4.78, 5) is 27.8. The summed E-state index contributed by atoms with van der Waals surface area (Å²) in [5, 5.41) is 0. The molecular formula is C12H17N3O2. The van der Waals surface area contributed by atoms with E-state index < -0.39 is 0 Å². The van der Waals surface area contributed by atoms with Crippen molar-refractivity contribution >= 4 is 11.9 Å². The number of hydrogen-bond acceptors (Lipinski definition) is 3. The average Bonchev–Trinajstić information content (AvgIpc) is 2.87. The van der Waals surface area contributed by atoms with E-state index in [4.69, 9.17) is 0 Å². The molecule has 0 aromatic rings. The van der Waals surface area contributed by atoms with Crippen molar-refractivity contribution in [2.75, 3.05) is 39.8 Å². The summed E-state index contributed by atoms with van der Waals surface area (Å²) in [6.07, 6.45) is 2.49. The van der Waals surface area contributed by atoms with Crippen LogP contribution >= 0.6 is 0 Å². The first kappa shape index (κ1) is 11.9. The smallest absolute Gasteiger partial charge is 0.318 e. The van der Waals surface area contributed by atoms with Gasteiger partial charge >= 0.3 is 6.03 Å². The van der Waals surface area contributed by atoms with Crippen molar-refractivity contribution in [1.29, 1.82) is 0 Å². The van der Waals surface area contributed by atoms with Gasteiger partial charge in [0.1, 0.15) is 6.54 Å². The fourth-order valence-electron chi connectivity index (χ4n) is 2.07. The van der Waals surface area contributed by atoms with Gasteiger partial charge in [-0.15, -0.1) is 0 Å². The van der Waals surface area contributed by atoms with Gasteiger partial charge in [-0.1, -0.05) is 11.8 Å². The lowest BCUT2D eigenvalue weighted by atomic mass is 10.4. The number of amides is 3. The number of urea groups is 1. The Hall–Kier alpha value is -1.54. The molecule has 0 aromatic heterocycles. The topological polar surface area (TPSA) is 43.9 Å². The van der Waals surface area contributed by atoms with Gasteiger partial charge < -0.3 is 4.90 Å². The highest BCUT2D eigenvalue weighted by Crippen LogP contribution is 2.07. The third-order valence-corrected chi connectivity index (χ3v) is 3.09. The lowest BCUT2D eigenvalue weighted by Gasteiger charge is -2.10. The number of nitrogens with zero attached hydrogens (tertiary/aromatic N) is 3. The van der Waals surface area contributed by atoms with Crippen molar-refractivity contribution in [3.8, 4) is 11.8 Å². The van der Waals surface area contributed by atoms with Crippen molar-refractivity contribution in [1.82, 2.24) is 14.7 Å². The predicted octanol–water partition coefficient (Wildman–Crippen LogP) is -0.0204. The van der Waals surface area contributed by atoms with Crippen LogP contribution in [-0.2, 0) is 4.79 Å². The number of hydrogen-bond donors (Lipinski definition) is 0. The molecule has 2 saturated heterocycles. The molecular weight excluding hydrogens is 218 g/mol. The minimum atomic E-state index is -0.245. The Morgan fingerprint density at radius 1 is 1.12 bits per heavy atom. The minimum Gasteiger partial charge on any atom is -0.318 e. The molecule has 2 aliphatic heterocycles. The van der Waals surface area contributed by atoms with Crippen LogP contribution in [-0.4, -0.2) is 66.4 Å². The van der Waals surface area contributed by atoms with Crippen molar-refractivity contribution < 1.29 is 9.59 Å². The maximum Gasteiger partial charge on any atom is 0.327 e. The molecule has 2 fully saturated rings. The predicted molar refractivity (Wildman–Crippen MR) is 63.2 cm³/mol. The highest BCUT2D eigenvalue weighted by molar-refractivity contribution is 6.02. The summed E-state index contributed by atoms with van der Waals surface area (Å²) in [5.74, 6) is 5.76. The summed E-state index contributed by atoms with van der Waals surface area (Å²) in [6, 6.07) is -0.245. The zero-order valence-corrected chi connectivity index (χ0v) is 10.1. The van der Waals surface area contributed by atoms with Crippen LogP contribution in [0.3, 0.4) is 0 Å². The number of likely N-dealkylation sites (N-methyl/N-ethyl adjacent to an activating group) is 1. The Kier molecular flexibility index (Phi) is 3.64. The molecule has 0 unspecified atom stereocenters. The summed E-state index contributed by atoms with van der Waals surface area (Å²) < 4.78 is 0. The van der Waals surface area contributed by atoms with Gasteiger partial charge in [0.2, 0.25) is 0 Å². The van der Waals surface area contributed by atoms with E-state index in [2.05, 4.69) is 16.7 Å². The van der Waals surface area contributed by atoms with Gasteiger partial charge in [-0.3, -0.25) is 14.6 Å². The van der Waals surface area contributed by atoms with Gasteiger partial charge in [0.25, 0.3) is 5.91 Å². The molecule has 0 saturated carbocycles. The Bertz CT molecular complexity index is 377. The highest BCUT2D eigenvalue weighted by atomic mass is 16.2. The Morgan fingerprint density at radius 2 is 1.76 bits per heavy atom. The zero-order valence-electron chi connectivity index (χ0n) is 10.1. The third kappa shape index (κ3) is 2.77. The maximum absolute atomic E-state index is 11.5. The summed E-state index contributed by atoms with van der Waals surface area (Å²) in [6.45, 7) is 3.35. The quantitative estimate of drug-likeness (QED) is 0.499. The number of carbonyl (C=O) groups excluding carboxylic acids is 2. The van der Waals surface area contributed by atoms with Gasteiger partial charge in [0.15, 0.2) is 0 Å². The SMILES string of the molecule is CN1CC(=O)N(CC#CCN2CCCC2)C1=O. The fourth-order valence-corrected chi connectivity index (χ4v) is 2.07. The van der Waals surface area contributed by atoms with Gasteiger partial charge in [-0.2, -0.15) is 0 Å². The molecule has 0 N–H and O–H groups in total. The van der Waals surface area contributed by atoms with Gasteiger partial charge in [0, 0.05) is 7.05 Å². The first-order chi connectivity index (χ1) is 8.18. The largest absolute Gasteiger partial charge is 0.327 e. The second-order valence-corrected chi connectivity index (χ2v) is 4.46. The molecule has 0 radical (unpaired) electrons. The van der Waals surface area contributed by atoms with Gasteiger partial charge in [-0.05, 0) is 25.9 Å². The first-order valence-electron chi connectivity index (χ1n) is 5.92. The second-order valence-electron chi connectivity index (χ2n) is 4.46. The molecule has 0 aliphatic carbocycles. The molecule has 2 heterocycles. The van der Waals surface area contributed by atoms with Crippen LogP contribution < -0.4 is 0 Å². The van der Waals surface area contributed by atoms with Crippen LogP contribution in [0, 0.1) is 11.8 Å². The molecule has 92 valence electrons. The molecule has 5 nitrogen and oxygen atoms in total. The summed E-state index contributed by atoms with van der Waals surface area (Å²) >= 11 is 0. The number of imide groups is 1. The van der Waals surface area contributed by atoms with Gasteiger partial charge in [0.05, 0.1) is 13.1 Å². The van der Waals surface area contributed by atoms with Crippen molar-refractivity contribution in [2.24, 2.45) is 0 Å². The van der Waals surface area contributed by atoms with E-state index in [0.29, 0.717) is 0 Å². The summed E-state index contributed by atoms with van der Waals surface area (Å²) in [5.41, 5.74) is 0. The van der Waals surface area contributed by atoms with E-state index in [-0.39, 0.29) is 25.0 Å². The van der Waals surface area contributed by atoms with Crippen LogP contribution in [0.1, 0.15) is 12.8 Å². The fraction of sp³-hybridized carbons (Fsp3) is 0.667. The van der Waals surface area contributed by atoms with Crippen LogP contribution in [0.5, 0.6) is 0 Å². The monoisotopic (exact) mass is 235 g/mol. The maximum atomic E-state index is 11.5. The lowest BCUT2D eigenvalue weighted by Crippen LogP contribution is -2.32. The van der Waals surface area contributed by atoms with Crippen molar-refractivity contribution in [3.05, 3.63) is 0 Å². The van der Waals surface area contributed by atoms with E-state index in [1.165, 1.54) is 22.6 Å². The molecule has 2 aliphatic rings. The number of likely N-dealkylation sites (tertiary alicyclic amines) is 1. The van der Waals surface area contributed by atoms with Crippen LogP contribution in [0.25, 0.3) is 0 Å². The molecule has 0 bridgehead atoms.